The summed E-state index contributed by atoms with van der Waals surface area (Å²) in [6.45, 7) is 3.23. The van der Waals surface area contributed by atoms with Crippen LogP contribution < -0.4 is 5.32 Å². The van der Waals surface area contributed by atoms with Crippen LogP contribution in [0.4, 0.5) is 0 Å². The van der Waals surface area contributed by atoms with Crippen LogP contribution in [0.15, 0.2) is 42.5 Å². The van der Waals surface area contributed by atoms with Gasteiger partial charge in [-0.25, -0.2) is 4.79 Å². The molecule has 0 heterocycles. The van der Waals surface area contributed by atoms with Crippen LogP contribution in [0.2, 0.25) is 10.0 Å². The summed E-state index contributed by atoms with van der Waals surface area (Å²) < 4.78 is 5.12. The van der Waals surface area contributed by atoms with Crippen molar-refractivity contribution in [3.8, 4) is 5.75 Å². The molecule has 0 saturated carbocycles. The fourth-order valence-electron chi connectivity index (χ4n) is 2.18. The molecule has 0 aliphatic heterocycles. The van der Waals surface area contributed by atoms with Crippen LogP contribution in [0, 0.1) is 0 Å². The number of hydrogen-bond acceptors (Lipinski definition) is 4. The predicted molar refractivity (Wildman–Crippen MR) is 96.0 cm³/mol. The van der Waals surface area contributed by atoms with E-state index in [0.717, 1.165) is 0 Å². The van der Waals surface area contributed by atoms with Crippen molar-refractivity contribution >= 4 is 35.1 Å². The van der Waals surface area contributed by atoms with Gasteiger partial charge in [-0.3, -0.25) is 4.79 Å². The van der Waals surface area contributed by atoms with E-state index in [1.165, 1.54) is 31.2 Å². The summed E-state index contributed by atoms with van der Waals surface area (Å²) in [4.78, 5) is 24.2. The summed E-state index contributed by atoms with van der Waals surface area (Å²) in [5.41, 5.74) is 0.861. The molecule has 2 aromatic rings. The maximum Gasteiger partial charge on any atom is 0.339 e. The first kappa shape index (κ1) is 19.1. The Morgan fingerprint density at radius 3 is 2.48 bits per heavy atom. The van der Waals surface area contributed by atoms with Crippen molar-refractivity contribution in [2.45, 2.75) is 26.0 Å². The van der Waals surface area contributed by atoms with E-state index < -0.39 is 18.0 Å². The Hall–Kier alpha value is -2.24. The molecule has 0 aliphatic rings. The van der Waals surface area contributed by atoms with Crippen molar-refractivity contribution < 1.29 is 19.4 Å². The molecule has 2 N–H and O–H groups in total. The Morgan fingerprint density at radius 2 is 1.84 bits per heavy atom. The average Bonchev–Trinajstić information content (AvgIpc) is 2.54. The fourth-order valence-corrected chi connectivity index (χ4v) is 2.75. The third kappa shape index (κ3) is 5.11. The van der Waals surface area contributed by atoms with Gasteiger partial charge in [0.2, 0.25) is 0 Å². The van der Waals surface area contributed by atoms with E-state index in [9.17, 15) is 14.7 Å². The number of phenolic OH excluding ortho intramolecular Hbond substituents is 1. The van der Waals surface area contributed by atoms with Crippen LogP contribution in [0.1, 0.15) is 35.8 Å². The first-order valence-electron chi connectivity index (χ1n) is 7.53. The van der Waals surface area contributed by atoms with Gasteiger partial charge in [-0.15, -0.1) is 0 Å². The summed E-state index contributed by atoms with van der Waals surface area (Å²) in [5, 5.41) is 13.1. The van der Waals surface area contributed by atoms with Crippen molar-refractivity contribution in [3.63, 3.8) is 0 Å². The lowest BCUT2D eigenvalue weighted by molar-refractivity contribution is -0.129. The maximum absolute atomic E-state index is 12.2. The molecule has 2 atom stereocenters. The Bertz CT molecular complexity index is 794. The third-order valence-corrected chi connectivity index (χ3v) is 4.09. The zero-order valence-corrected chi connectivity index (χ0v) is 15.1. The Labute approximate surface area is 155 Å². The largest absolute Gasteiger partial charge is 0.508 e. The second-order valence-electron chi connectivity index (χ2n) is 5.49. The lowest BCUT2D eigenvalue weighted by atomic mass is 10.1. The molecule has 2 rings (SSSR count). The lowest BCUT2D eigenvalue weighted by Crippen LogP contribution is -2.37. The van der Waals surface area contributed by atoms with Crippen LogP contribution in [0.5, 0.6) is 5.75 Å². The summed E-state index contributed by atoms with van der Waals surface area (Å²) in [6, 6.07) is 10.3. The summed E-state index contributed by atoms with van der Waals surface area (Å²) in [7, 11) is 0. The van der Waals surface area contributed by atoms with Crippen LogP contribution in [-0.4, -0.2) is 23.1 Å². The maximum atomic E-state index is 12.2. The molecule has 25 heavy (non-hydrogen) atoms. The highest BCUT2D eigenvalue weighted by molar-refractivity contribution is 6.35. The van der Waals surface area contributed by atoms with E-state index in [0.29, 0.717) is 15.6 Å². The van der Waals surface area contributed by atoms with E-state index in [1.807, 2.05) is 0 Å². The molecule has 0 saturated heterocycles. The number of aromatic hydroxyl groups is 1. The quantitative estimate of drug-likeness (QED) is 0.763. The van der Waals surface area contributed by atoms with Gasteiger partial charge in [-0.05, 0) is 49.7 Å². The van der Waals surface area contributed by atoms with Crippen molar-refractivity contribution in [1.29, 1.82) is 0 Å². The minimum atomic E-state index is -1.01. The molecule has 7 heteroatoms. The summed E-state index contributed by atoms with van der Waals surface area (Å²) in [5.74, 6) is -1.22. The van der Waals surface area contributed by atoms with Crippen molar-refractivity contribution in [3.05, 3.63) is 63.6 Å². The third-order valence-electron chi connectivity index (χ3n) is 3.52. The number of esters is 1. The van der Waals surface area contributed by atoms with Gasteiger partial charge in [-0.1, -0.05) is 35.3 Å². The van der Waals surface area contributed by atoms with Crippen LogP contribution in [-0.2, 0) is 9.53 Å². The molecule has 2 aromatic carbocycles. The van der Waals surface area contributed by atoms with Crippen LogP contribution >= 0.6 is 23.2 Å². The van der Waals surface area contributed by atoms with Gasteiger partial charge < -0.3 is 15.2 Å². The molecule has 0 aliphatic carbocycles. The smallest absolute Gasteiger partial charge is 0.339 e. The number of carbonyl (C=O) groups is 2. The number of hydrogen-bond donors (Lipinski definition) is 2. The number of phenols is 1. The predicted octanol–water partition coefficient (Wildman–Crippen LogP) is 4.12. The molecule has 0 radical (unpaired) electrons. The first-order chi connectivity index (χ1) is 11.8. The highest BCUT2D eigenvalue weighted by Gasteiger charge is 2.22. The SMILES string of the molecule is C[C@@H](OC(=O)c1cccc(O)c1)C(=O)N[C@H](C)c1ccc(Cl)cc1Cl. The molecule has 0 bridgehead atoms. The van der Waals surface area contributed by atoms with Gasteiger partial charge in [0.1, 0.15) is 5.75 Å². The normalized spacial score (nSPS) is 13.0. The van der Waals surface area contributed by atoms with Crippen molar-refractivity contribution in [1.82, 2.24) is 5.32 Å². The monoisotopic (exact) mass is 381 g/mol. The topological polar surface area (TPSA) is 75.6 Å². The van der Waals surface area contributed by atoms with Crippen molar-refractivity contribution in [2.24, 2.45) is 0 Å². The number of amides is 1. The number of benzene rings is 2. The molecular weight excluding hydrogens is 365 g/mol. The van der Waals surface area contributed by atoms with E-state index in [-0.39, 0.29) is 17.4 Å². The number of nitrogens with one attached hydrogen (secondary N) is 1. The van der Waals surface area contributed by atoms with Gasteiger partial charge >= 0.3 is 5.97 Å². The number of ether oxygens (including phenoxy) is 1. The van der Waals surface area contributed by atoms with Crippen molar-refractivity contribution in [2.75, 3.05) is 0 Å². The average molecular weight is 382 g/mol. The van der Waals surface area contributed by atoms with E-state index in [2.05, 4.69) is 5.32 Å². The minimum absolute atomic E-state index is 0.0578. The molecule has 0 unspecified atom stereocenters. The minimum Gasteiger partial charge on any atom is -0.508 e. The Balaban J connectivity index is 1.98. The summed E-state index contributed by atoms with van der Waals surface area (Å²) in [6.07, 6.45) is -1.01. The van der Waals surface area contributed by atoms with Gasteiger partial charge in [-0.2, -0.15) is 0 Å². The molecule has 5 nitrogen and oxygen atoms in total. The fraction of sp³-hybridized carbons (Fsp3) is 0.222. The lowest BCUT2D eigenvalue weighted by Gasteiger charge is -2.19. The highest BCUT2D eigenvalue weighted by Crippen LogP contribution is 2.26. The first-order valence-corrected chi connectivity index (χ1v) is 8.29. The van der Waals surface area contributed by atoms with Gasteiger partial charge in [0.15, 0.2) is 6.10 Å². The number of carbonyl (C=O) groups excluding carboxylic acids is 2. The van der Waals surface area contributed by atoms with Crippen LogP contribution in [0.3, 0.4) is 0 Å². The van der Waals surface area contributed by atoms with Gasteiger partial charge in [0.05, 0.1) is 11.6 Å². The molecule has 1 amide bonds. The molecule has 0 fully saturated rings. The Kier molecular flexibility index (Phi) is 6.28. The molecule has 0 aromatic heterocycles. The molecule has 0 spiro atoms. The van der Waals surface area contributed by atoms with E-state index in [4.69, 9.17) is 27.9 Å². The summed E-state index contributed by atoms with van der Waals surface area (Å²) >= 11 is 12.0. The second-order valence-corrected chi connectivity index (χ2v) is 6.34. The zero-order valence-electron chi connectivity index (χ0n) is 13.6. The standard InChI is InChI=1S/C18H17Cl2NO4/c1-10(15-7-6-13(19)9-16(15)20)21-17(23)11(2)25-18(24)12-4-3-5-14(22)8-12/h3-11,22H,1-2H3,(H,21,23)/t10-,11-/m1/s1. The zero-order chi connectivity index (χ0) is 18.6. The van der Waals surface area contributed by atoms with Gasteiger partial charge in [0, 0.05) is 10.0 Å². The second kappa shape index (κ2) is 8.23. The number of rotatable bonds is 5. The van der Waals surface area contributed by atoms with E-state index in [1.54, 1.807) is 25.1 Å². The molecule has 132 valence electrons. The van der Waals surface area contributed by atoms with Gasteiger partial charge in [0.25, 0.3) is 5.91 Å². The highest BCUT2D eigenvalue weighted by atomic mass is 35.5. The van der Waals surface area contributed by atoms with E-state index >= 15 is 0 Å². The Morgan fingerprint density at radius 1 is 1.12 bits per heavy atom. The molecular formula is C18H17Cl2NO4. The van der Waals surface area contributed by atoms with Crippen LogP contribution in [0.25, 0.3) is 0 Å². The number of halogens is 2.